The average Bonchev–Trinajstić information content (AvgIpc) is 2.44. The summed E-state index contributed by atoms with van der Waals surface area (Å²) in [6.07, 6.45) is 2.68. The minimum Gasteiger partial charge on any atom is -0.338 e. The highest BCUT2D eigenvalue weighted by Crippen LogP contribution is 2.20. The Kier molecular flexibility index (Phi) is 4.81. The van der Waals surface area contributed by atoms with E-state index >= 15 is 0 Å². The summed E-state index contributed by atoms with van der Waals surface area (Å²) < 4.78 is 26.3. The normalized spacial score (nSPS) is 10.2. The Bertz CT molecular complexity index is 629. The van der Waals surface area contributed by atoms with E-state index in [1.807, 2.05) is 6.92 Å². The van der Waals surface area contributed by atoms with Crippen molar-refractivity contribution in [1.29, 1.82) is 0 Å². The summed E-state index contributed by atoms with van der Waals surface area (Å²) in [4.78, 5) is 15.5. The molecule has 1 amide bonds. The van der Waals surface area contributed by atoms with Crippen LogP contribution in [0.1, 0.15) is 19.8 Å². The highest BCUT2D eigenvalue weighted by atomic mass is 19.1. The number of carbonyl (C=O) groups excluding carboxylic acids is 1. The Morgan fingerprint density at radius 1 is 1.24 bits per heavy atom. The van der Waals surface area contributed by atoms with Crippen molar-refractivity contribution in [2.24, 2.45) is 0 Å². The molecule has 0 fully saturated rings. The van der Waals surface area contributed by atoms with Gasteiger partial charge >= 0.3 is 0 Å². The van der Waals surface area contributed by atoms with Crippen LogP contribution in [-0.2, 0) is 4.79 Å². The predicted molar refractivity (Wildman–Crippen MR) is 77.4 cm³/mol. The van der Waals surface area contributed by atoms with Gasteiger partial charge in [-0.15, -0.1) is 0 Å². The van der Waals surface area contributed by atoms with E-state index in [9.17, 15) is 13.6 Å². The second-order valence-electron chi connectivity index (χ2n) is 4.48. The van der Waals surface area contributed by atoms with E-state index in [-0.39, 0.29) is 11.6 Å². The lowest BCUT2D eigenvalue weighted by Crippen LogP contribution is -2.10. The topological polar surface area (TPSA) is 54.0 Å². The number of anilines is 3. The van der Waals surface area contributed by atoms with Crippen LogP contribution < -0.4 is 10.6 Å². The molecule has 0 atom stereocenters. The fourth-order valence-corrected chi connectivity index (χ4v) is 1.72. The van der Waals surface area contributed by atoms with Crippen LogP contribution in [0.25, 0.3) is 0 Å². The van der Waals surface area contributed by atoms with Crippen molar-refractivity contribution in [3.05, 3.63) is 48.2 Å². The summed E-state index contributed by atoms with van der Waals surface area (Å²) >= 11 is 0. The standard InChI is InChI=1S/C15H15F2N3O/c1-2-3-15(21)19-11-5-7-14(18-9-11)20-13-6-4-10(16)8-12(13)17/h4-9H,2-3H2,1H3,(H,18,20)(H,19,21). The average molecular weight is 291 g/mol. The molecule has 6 heteroatoms. The maximum absolute atomic E-state index is 13.5. The van der Waals surface area contributed by atoms with E-state index in [4.69, 9.17) is 0 Å². The number of nitrogens with zero attached hydrogens (tertiary/aromatic N) is 1. The van der Waals surface area contributed by atoms with Gasteiger partial charge in [0.25, 0.3) is 0 Å². The van der Waals surface area contributed by atoms with Crippen LogP contribution in [0.3, 0.4) is 0 Å². The summed E-state index contributed by atoms with van der Waals surface area (Å²) in [5.41, 5.74) is 0.699. The number of rotatable bonds is 5. The number of pyridine rings is 1. The van der Waals surface area contributed by atoms with Gasteiger partial charge in [-0.1, -0.05) is 6.92 Å². The molecule has 2 rings (SSSR count). The molecule has 0 saturated heterocycles. The number of aromatic nitrogens is 1. The smallest absolute Gasteiger partial charge is 0.224 e. The number of hydrogen-bond donors (Lipinski definition) is 2. The Balaban J connectivity index is 2.03. The van der Waals surface area contributed by atoms with Gasteiger partial charge in [0, 0.05) is 12.5 Å². The highest BCUT2D eigenvalue weighted by Gasteiger charge is 2.05. The molecule has 0 aliphatic rings. The van der Waals surface area contributed by atoms with Crippen molar-refractivity contribution in [2.75, 3.05) is 10.6 Å². The molecular formula is C15H15F2N3O. The van der Waals surface area contributed by atoms with Crippen molar-refractivity contribution in [2.45, 2.75) is 19.8 Å². The van der Waals surface area contributed by atoms with Gasteiger partial charge in [0.2, 0.25) is 5.91 Å². The van der Waals surface area contributed by atoms with E-state index < -0.39 is 11.6 Å². The highest BCUT2D eigenvalue weighted by molar-refractivity contribution is 5.90. The third-order valence-electron chi connectivity index (χ3n) is 2.72. The molecule has 0 bridgehead atoms. The number of amides is 1. The number of benzene rings is 1. The first-order valence-corrected chi connectivity index (χ1v) is 6.56. The van der Waals surface area contributed by atoms with Crippen molar-refractivity contribution in [3.63, 3.8) is 0 Å². The van der Waals surface area contributed by atoms with Gasteiger partial charge in [0.15, 0.2) is 0 Å². The molecule has 0 unspecified atom stereocenters. The molecule has 0 saturated carbocycles. The molecule has 21 heavy (non-hydrogen) atoms. The van der Waals surface area contributed by atoms with Crippen LogP contribution in [0.15, 0.2) is 36.5 Å². The lowest BCUT2D eigenvalue weighted by atomic mass is 10.3. The monoisotopic (exact) mass is 291 g/mol. The molecule has 2 N–H and O–H groups in total. The number of carbonyl (C=O) groups is 1. The molecule has 0 aliphatic carbocycles. The van der Waals surface area contributed by atoms with Gasteiger partial charge in [0.1, 0.15) is 17.5 Å². The van der Waals surface area contributed by atoms with Crippen LogP contribution in [0.4, 0.5) is 26.0 Å². The Labute approximate surface area is 121 Å². The first-order valence-electron chi connectivity index (χ1n) is 6.56. The third-order valence-corrected chi connectivity index (χ3v) is 2.72. The molecule has 1 aromatic heterocycles. The van der Waals surface area contributed by atoms with Gasteiger partial charge in [-0.3, -0.25) is 4.79 Å². The summed E-state index contributed by atoms with van der Waals surface area (Å²) in [7, 11) is 0. The maximum Gasteiger partial charge on any atom is 0.224 e. The molecular weight excluding hydrogens is 276 g/mol. The first kappa shape index (κ1) is 14.9. The molecule has 0 aliphatic heterocycles. The predicted octanol–water partition coefficient (Wildman–Crippen LogP) is 3.84. The SMILES string of the molecule is CCCC(=O)Nc1ccc(Nc2ccc(F)cc2F)nc1. The van der Waals surface area contributed by atoms with Crippen molar-refractivity contribution in [1.82, 2.24) is 4.98 Å². The third kappa shape index (κ3) is 4.24. The molecule has 110 valence electrons. The second kappa shape index (κ2) is 6.78. The quantitative estimate of drug-likeness (QED) is 0.880. The molecule has 1 aromatic carbocycles. The van der Waals surface area contributed by atoms with Crippen molar-refractivity contribution in [3.8, 4) is 0 Å². The second-order valence-corrected chi connectivity index (χ2v) is 4.48. The van der Waals surface area contributed by atoms with E-state index in [0.717, 1.165) is 18.6 Å². The molecule has 0 radical (unpaired) electrons. The molecule has 4 nitrogen and oxygen atoms in total. The molecule has 1 heterocycles. The van der Waals surface area contributed by atoms with Crippen LogP contribution in [0.2, 0.25) is 0 Å². The van der Waals surface area contributed by atoms with Crippen LogP contribution in [-0.4, -0.2) is 10.9 Å². The van der Waals surface area contributed by atoms with Gasteiger partial charge in [-0.2, -0.15) is 0 Å². The van der Waals surface area contributed by atoms with Crippen LogP contribution >= 0.6 is 0 Å². The molecule has 2 aromatic rings. The number of nitrogens with one attached hydrogen (secondary N) is 2. The Morgan fingerprint density at radius 3 is 2.67 bits per heavy atom. The van der Waals surface area contributed by atoms with E-state index in [0.29, 0.717) is 17.9 Å². The van der Waals surface area contributed by atoms with Crippen molar-refractivity contribution < 1.29 is 13.6 Å². The minimum absolute atomic E-state index is 0.0791. The first-order chi connectivity index (χ1) is 10.1. The summed E-state index contributed by atoms with van der Waals surface area (Å²) in [6.45, 7) is 1.92. The van der Waals surface area contributed by atoms with Gasteiger partial charge in [-0.25, -0.2) is 13.8 Å². The lowest BCUT2D eigenvalue weighted by molar-refractivity contribution is -0.116. The minimum atomic E-state index is -0.697. The fourth-order valence-electron chi connectivity index (χ4n) is 1.72. The lowest BCUT2D eigenvalue weighted by Gasteiger charge is -2.08. The Hall–Kier alpha value is -2.50. The van der Waals surface area contributed by atoms with Crippen LogP contribution in [0, 0.1) is 11.6 Å². The molecule has 0 spiro atoms. The zero-order valence-electron chi connectivity index (χ0n) is 11.5. The maximum atomic E-state index is 13.5. The fraction of sp³-hybridized carbons (Fsp3) is 0.200. The summed E-state index contributed by atoms with van der Waals surface area (Å²) in [5.74, 6) is -1.02. The Morgan fingerprint density at radius 2 is 2.05 bits per heavy atom. The zero-order chi connectivity index (χ0) is 15.2. The summed E-state index contributed by atoms with van der Waals surface area (Å²) in [5, 5.41) is 5.44. The largest absolute Gasteiger partial charge is 0.338 e. The van der Waals surface area contributed by atoms with E-state index in [1.165, 1.54) is 12.3 Å². The van der Waals surface area contributed by atoms with Crippen LogP contribution in [0.5, 0.6) is 0 Å². The van der Waals surface area contributed by atoms with Gasteiger partial charge in [-0.05, 0) is 30.7 Å². The van der Waals surface area contributed by atoms with E-state index in [1.54, 1.807) is 12.1 Å². The van der Waals surface area contributed by atoms with Crippen molar-refractivity contribution >= 4 is 23.1 Å². The summed E-state index contributed by atoms with van der Waals surface area (Å²) in [6, 6.07) is 6.50. The number of halogens is 2. The van der Waals surface area contributed by atoms with E-state index in [2.05, 4.69) is 15.6 Å². The zero-order valence-corrected chi connectivity index (χ0v) is 11.5. The van der Waals surface area contributed by atoms with Gasteiger partial charge in [0.05, 0.1) is 17.6 Å². The number of hydrogen-bond acceptors (Lipinski definition) is 3. The van der Waals surface area contributed by atoms with Gasteiger partial charge < -0.3 is 10.6 Å².